The van der Waals surface area contributed by atoms with Crippen LogP contribution in [0.25, 0.3) is 0 Å². The van der Waals surface area contributed by atoms with Gasteiger partial charge in [-0.2, -0.15) is 0 Å². The van der Waals surface area contributed by atoms with E-state index in [0.29, 0.717) is 11.8 Å². The van der Waals surface area contributed by atoms with Gasteiger partial charge in [-0.15, -0.1) is 0 Å². The highest BCUT2D eigenvalue weighted by atomic mass is 16.5. The SMILES string of the molecule is COC(=O)/C=C1\CC2C=CC(=C(C)C)C12. The summed E-state index contributed by atoms with van der Waals surface area (Å²) in [6.45, 7) is 4.24. The van der Waals surface area contributed by atoms with Crippen molar-refractivity contribution in [2.75, 3.05) is 7.11 Å². The van der Waals surface area contributed by atoms with Crippen molar-refractivity contribution in [1.29, 1.82) is 0 Å². The van der Waals surface area contributed by atoms with Gasteiger partial charge in [0.2, 0.25) is 0 Å². The van der Waals surface area contributed by atoms with Gasteiger partial charge in [0.25, 0.3) is 0 Å². The van der Waals surface area contributed by atoms with Gasteiger partial charge in [0.15, 0.2) is 0 Å². The Morgan fingerprint density at radius 3 is 2.87 bits per heavy atom. The summed E-state index contributed by atoms with van der Waals surface area (Å²) < 4.78 is 4.65. The molecule has 0 aliphatic heterocycles. The van der Waals surface area contributed by atoms with Gasteiger partial charge in [-0.1, -0.05) is 23.3 Å². The first kappa shape index (κ1) is 10.2. The molecule has 0 saturated heterocycles. The zero-order chi connectivity index (χ0) is 11.0. The molecule has 0 radical (unpaired) electrons. The molecule has 1 fully saturated rings. The van der Waals surface area contributed by atoms with E-state index in [1.165, 1.54) is 23.8 Å². The number of methoxy groups -OCH3 is 1. The molecular formula is C13H16O2. The third kappa shape index (κ3) is 1.65. The minimum atomic E-state index is -0.233. The van der Waals surface area contributed by atoms with Crippen molar-refractivity contribution in [3.63, 3.8) is 0 Å². The van der Waals surface area contributed by atoms with E-state index in [2.05, 4.69) is 30.7 Å². The average Bonchev–Trinajstić information content (AvgIpc) is 2.51. The van der Waals surface area contributed by atoms with Gasteiger partial charge in [0.1, 0.15) is 0 Å². The van der Waals surface area contributed by atoms with E-state index in [1.807, 2.05) is 0 Å². The fraction of sp³-hybridized carbons (Fsp3) is 0.462. The van der Waals surface area contributed by atoms with Crippen LogP contribution in [0.2, 0.25) is 0 Å². The maximum absolute atomic E-state index is 11.1. The van der Waals surface area contributed by atoms with Crippen LogP contribution in [0.15, 0.2) is 34.9 Å². The Morgan fingerprint density at radius 1 is 1.53 bits per heavy atom. The summed E-state index contributed by atoms with van der Waals surface area (Å²) >= 11 is 0. The number of ether oxygens (including phenoxy) is 1. The molecule has 2 unspecified atom stereocenters. The summed E-state index contributed by atoms with van der Waals surface area (Å²) in [7, 11) is 1.42. The quantitative estimate of drug-likeness (QED) is 0.485. The molecule has 0 N–H and O–H groups in total. The first-order chi connectivity index (χ1) is 7.13. The molecule has 0 aromatic rings. The maximum Gasteiger partial charge on any atom is 0.330 e. The number of hydrogen-bond donors (Lipinski definition) is 0. The van der Waals surface area contributed by atoms with Gasteiger partial charge in [-0.3, -0.25) is 0 Å². The van der Waals surface area contributed by atoms with Gasteiger partial charge in [0, 0.05) is 12.0 Å². The minimum absolute atomic E-state index is 0.233. The number of allylic oxidation sites excluding steroid dienone is 5. The van der Waals surface area contributed by atoms with Crippen molar-refractivity contribution < 1.29 is 9.53 Å². The van der Waals surface area contributed by atoms with E-state index in [9.17, 15) is 4.79 Å². The number of fused-ring (bicyclic) bond motifs is 1. The molecule has 2 rings (SSSR count). The Bertz CT molecular complexity index is 381. The molecule has 0 aromatic heterocycles. The smallest absolute Gasteiger partial charge is 0.330 e. The largest absolute Gasteiger partial charge is 0.466 e. The van der Waals surface area contributed by atoms with Crippen LogP contribution in [0.1, 0.15) is 20.3 Å². The molecule has 80 valence electrons. The first-order valence-electron chi connectivity index (χ1n) is 5.27. The van der Waals surface area contributed by atoms with Crippen molar-refractivity contribution >= 4 is 5.97 Å². The Morgan fingerprint density at radius 2 is 2.27 bits per heavy atom. The lowest BCUT2D eigenvalue weighted by molar-refractivity contribution is -0.135. The molecule has 1 saturated carbocycles. The molecule has 0 bridgehead atoms. The molecule has 2 aliphatic carbocycles. The number of carbonyl (C=O) groups is 1. The van der Waals surface area contributed by atoms with E-state index in [-0.39, 0.29) is 5.97 Å². The fourth-order valence-corrected chi connectivity index (χ4v) is 2.41. The summed E-state index contributed by atoms with van der Waals surface area (Å²) in [6.07, 6.45) is 7.11. The van der Waals surface area contributed by atoms with Gasteiger partial charge >= 0.3 is 5.97 Å². The minimum Gasteiger partial charge on any atom is -0.466 e. The molecule has 0 amide bonds. The summed E-state index contributed by atoms with van der Waals surface area (Å²) in [5.74, 6) is 0.836. The van der Waals surface area contributed by atoms with Gasteiger partial charge < -0.3 is 4.74 Å². The van der Waals surface area contributed by atoms with E-state index < -0.39 is 0 Å². The third-order valence-electron chi connectivity index (χ3n) is 3.24. The molecule has 2 heteroatoms. The molecule has 2 atom stereocenters. The lowest BCUT2D eigenvalue weighted by Gasteiger charge is -2.35. The van der Waals surface area contributed by atoms with Crippen LogP contribution < -0.4 is 0 Å². The Kier molecular flexibility index (Phi) is 2.51. The monoisotopic (exact) mass is 204 g/mol. The van der Waals surface area contributed by atoms with Crippen LogP contribution in [-0.2, 0) is 9.53 Å². The predicted molar refractivity (Wildman–Crippen MR) is 59.2 cm³/mol. The van der Waals surface area contributed by atoms with Crippen molar-refractivity contribution in [2.45, 2.75) is 20.3 Å². The fourth-order valence-electron chi connectivity index (χ4n) is 2.41. The lowest BCUT2D eigenvalue weighted by atomic mass is 9.68. The zero-order valence-corrected chi connectivity index (χ0v) is 9.41. The van der Waals surface area contributed by atoms with Crippen molar-refractivity contribution in [2.24, 2.45) is 11.8 Å². The standard InChI is InChI=1S/C13H16O2/c1-8(2)11-5-4-9-6-10(13(9)11)7-12(14)15-3/h4-5,7,9,13H,6H2,1-3H3/b10-7+. The van der Waals surface area contributed by atoms with Crippen LogP contribution in [-0.4, -0.2) is 13.1 Å². The number of hydrogen-bond acceptors (Lipinski definition) is 2. The van der Waals surface area contributed by atoms with Crippen molar-refractivity contribution in [1.82, 2.24) is 0 Å². The molecule has 2 nitrogen and oxygen atoms in total. The second kappa shape index (κ2) is 3.69. The second-order valence-corrected chi connectivity index (χ2v) is 4.40. The Balaban J connectivity index is 2.20. The summed E-state index contributed by atoms with van der Waals surface area (Å²) in [5.41, 5.74) is 3.93. The number of rotatable bonds is 1. The zero-order valence-electron chi connectivity index (χ0n) is 9.41. The topological polar surface area (TPSA) is 26.3 Å². The van der Waals surface area contributed by atoms with Crippen molar-refractivity contribution in [3.05, 3.63) is 34.9 Å². The summed E-state index contributed by atoms with van der Waals surface area (Å²) in [4.78, 5) is 11.1. The lowest BCUT2D eigenvalue weighted by Crippen LogP contribution is -2.26. The molecule has 0 spiro atoms. The highest BCUT2D eigenvalue weighted by Gasteiger charge is 2.40. The maximum atomic E-state index is 11.1. The third-order valence-corrected chi connectivity index (χ3v) is 3.24. The Labute approximate surface area is 90.3 Å². The van der Waals surface area contributed by atoms with E-state index in [1.54, 1.807) is 6.08 Å². The van der Waals surface area contributed by atoms with Crippen LogP contribution >= 0.6 is 0 Å². The number of carbonyl (C=O) groups excluding carboxylic acids is 1. The molecule has 0 aromatic carbocycles. The van der Waals surface area contributed by atoms with Crippen LogP contribution in [0.3, 0.4) is 0 Å². The molecule has 0 heterocycles. The van der Waals surface area contributed by atoms with Crippen molar-refractivity contribution in [3.8, 4) is 0 Å². The van der Waals surface area contributed by atoms with E-state index in [4.69, 9.17) is 0 Å². The average molecular weight is 204 g/mol. The summed E-state index contributed by atoms with van der Waals surface area (Å²) in [5, 5.41) is 0. The normalized spacial score (nSPS) is 30.1. The van der Waals surface area contributed by atoms with E-state index in [0.717, 1.165) is 6.42 Å². The molecule has 2 aliphatic rings. The second-order valence-electron chi connectivity index (χ2n) is 4.40. The highest BCUT2D eigenvalue weighted by Crippen LogP contribution is 2.50. The Hall–Kier alpha value is -1.31. The highest BCUT2D eigenvalue weighted by molar-refractivity contribution is 5.83. The summed E-state index contributed by atoms with van der Waals surface area (Å²) in [6, 6.07) is 0. The van der Waals surface area contributed by atoms with Gasteiger partial charge in [-0.05, 0) is 31.8 Å². The number of esters is 1. The molecule has 15 heavy (non-hydrogen) atoms. The first-order valence-corrected chi connectivity index (χ1v) is 5.27. The van der Waals surface area contributed by atoms with Gasteiger partial charge in [0.05, 0.1) is 7.11 Å². The molecular weight excluding hydrogens is 188 g/mol. The predicted octanol–water partition coefficient (Wildman–Crippen LogP) is 2.63. The van der Waals surface area contributed by atoms with Crippen LogP contribution in [0.5, 0.6) is 0 Å². The van der Waals surface area contributed by atoms with Crippen LogP contribution in [0.4, 0.5) is 0 Å². The van der Waals surface area contributed by atoms with Crippen LogP contribution in [0, 0.1) is 11.8 Å². The van der Waals surface area contributed by atoms with E-state index >= 15 is 0 Å². The van der Waals surface area contributed by atoms with Gasteiger partial charge in [-0.25, -0.2) is 4.79 Å².